The van der Waals surface area contributed by atoms with E-state index in [1.165, 1.54) is 18.2 Å². The van der Waals surface area contributed by atoms with Crippen molar-refractivity contribution in [1.82, 2.24) is 0 Å². The smallest absolute Gasteiger partial charge is 0.197 e. The van der Waals surface area contributed by atoms with Gasteiger partial charge in [0.1, 0.15) is 11.5 Å². The number of rotatable bonds is 6. The average Bonchev–Trinajstić information content (AvgIpc) is 2.69. The molecule has 2 rings (SSSR count). The van der Waals surface area contributed by atoms with Crippen LogP contribution in [0.1, 0.15) is 11.7 Å². The van der Waals surface area contributed by atoms with Gasteiger partial charge < -0.3 is 20.8 Å². The minimum atomic E-state index is -0.837. The van der Waals surface area contributed by atoms with E-state index >= 15 is 0 Å². The van der Waals surface area contributed by atoms with E-state index in [0.29, 0.717) is 11.3 Å². The van der Waals surface area contributed by atoms with Gasteiger partial charge in [-0.1, -0.05) is 52.4 Å². The summed E-state index contributed by atoms with van der Waals surface area (Å²) in [5, 5.41) is 45.1. The lowest BCUT2D eigenvalue weighted by molar-refractivity contribution is 0.204. The molecule has 0 radical (unpaired) electrons. The molecule has 0 amide bonds. The van der Waals surface area contributed by atoms with Crippen molar-refractivity contribution in [3.63, 3.8) is 0 Å². The van der Waals surface area contributed by atoms with Crippen LogP contribution in [-0.4, -0.2) is 37.9 Å². The van der Waals surface area contributed by atoms with Crippen LogP contribution in [0.15, 0.2) is 63.3 Å². The maximum atomic E-state index is 13.3. The van der Waals surface area contributed by atoms with Crippen LogP contribution in [0.25, 0.3) is 0 Å². The molecule has 2 aromatic carbocycles. The van der Waals surface area contributed by atoms with Gasteiger partial charge in [-0.3, -0.25) is 5.41 Å². The molecule has 0 aliphatic carbocycles. The summed E-state index contributed by atoms with van der Waals surface area (Å²) in [6, 6.07) is 12.9. The minimum Gasteiger partial charge on any atom is -0.410 e. The van der Waals surface area contributed by atoms with Crippen molar-refractivity contribution in [2.24, 2.45) is 10.3 Å². The number of oxime groups is 2. The fraction of sp³-hybridized carbons (Fsp3) is 0.118. The lowest BCUT2D eigenvalue weighted by Crippen LogP contribution is -2.28. The molecule has 0 aliphatic heterocycles. The van der Waals surface area contributed by atoms with Gasteiger partial charge in [0.05, 0.1) is 10.6 Å². The van der Waals surface area contributed by atoms with Crippen molar-refractivity contribution in [3.8, 4) is 0 Å². The number of thioether (sulfide) groups is 1. The molecule has 0 saturated carbocycles. The third-order valence-electron chi connectivity index (χ3n) is 3.39. The molecule has 1 atom stereocenters. The summed E-state index contributed by atoms with van der Waals surface area (Å²) in [6.45, 7) is 0. The number of amidine groups is 1. The molecule has 7 nitrogen and oxygen atoms in total. The molecule has 0 aromatic heterocycles. The van der Waals surface area contributed by atoms with Crippen LogP contribution >= 0.6 is 27.7 Å². The van der Waals surface area contributed by atoms with E-state index < -0.39 is 17.6 Å². The number of hydrogen-bond acceptors (Lipinski definition) is 7. The quantitative estimate of drug-likeness (QED) is 0.195. The Morgan fingerprint density at radius 2 is 1.89 bits per heavy atom. The highest BCUT2D eigenvalue weighted by atomic mass is 79.9. The van der Waals surface area contributed by atoms with E-state index in [1.54, 1.807) is 24.3 Å². The zero-order chi connectivity index (χ0) is 19.8. The van der Waals surface area contributed by atoms with Gasteiger partial charge in [0, 0.05) is 11.4 Å². The maximum absolute atomic E-state index is 13.3. The third-order valence-corrected chi connectivity index (χ3v) is 5.04. The standard InChI is InChI=1S/C17H16BrFN4O3S/c18-12-8-11(6-7-13(12)19)21-16(22-25)15(20)17(23-26)27-9-14(24)10-4-2-1-3-5-10/h1-8,14,20,24-26H,9H2,(H,21,22)/b20-15?,23-17+. The van der Waals surface area contributed by atoms with E-state index in [-0.39, 0.29) is 21.1 Å². The summed E-state index contributed by atoms with van der Waals surface area (Å²) in [5.74, 6) is -0.656. The lowest BCUT2D eigenvalue weighted by Gasteiger charge is -2.13. The molecule has 27 heavy (non-hydrogen) atoms. The topological polar surface area (TPSA) is 121 Å². The van der Waals surface area contributed by atoms with Gasteiger partial charge in [0.25, 0.3) is 0 Å². The molecule has 0 spiro atoms. The van der Waals surface area contributed by atoms with Crippen LogP contribution in [0.5, 0.6) is 0 Å². The summed E-state index contributed by atoms with van der Waals surface area (Å²) < 4.78 is 13.5. The van der Waals surface area contributed by atoms with Gasteiger partial charge in [-0.2, -0.15) is 0 Å². The number of nitrogens with zero attached hydrogens (tertiary/aromatic N) is 2. The first kappa shape index (κ1) is 20.9. The predicted octanol–water partition coefficient (Wildman–Crippen LogP) is 4.06. The molecular formula is C17H16BrFN4O3S. The predicted molar refractivity (Wildman–Crippen MR) is 108 cm³/mol. The Balaban J connectivity index is 2.04. The number of hydrogen-bond donors (Lipinski definition) is 5. The highest BCUT2D eigenvalue weighted by Gasteiger charge is 2.19. The second-order valence-corrected chi connectivity index (χ2v) is 7.08. The average molecular weight is 455 g/mol. The number of aliphatic hydroxyl groups is 1. The zero-order valence-corrected chi connectivity index (χ0v) is 16.2. The third kappa shape index (κ3) is 5.78. The summed E-state index contributed by atoms with van der Waals surface area (Å²) in [5.41, 5.74) is 0.636. The van der Waals surface area contributed by atoms with Crippen LogP contribution < -0.4 is 5.32 Å². The molecule has 142 valence electrons. The molecular weight excluding hydrogens is 439 g/mol. The first-order chi connectivity index (χ1) is 13.0. The number of aliphatic hydroxyl groups excluding tert-OH is 1. The van der Waals surface area contributed by atoms with Crippen molar-refractivity contribution in [2.75, 3.05) is 11.1 Å². The Morgan fingerprint density at radius 3 is 2.48 bits per heavy atom. The summed E-state index contributed by atoms with van der Waals surface area (Å²) in [4.78, 5) is 0. The Hall–Kier alpha value is -2.43. The molecule has 0 aliphatic rings. The number of nitrogens with one attached hydrogen (secondary N) is 2. The van der Waals surface area contributed by atoms with Gasteiger partial charge in [0.15, 0.2) is 10.9 Å². The van der Waals surface area contributed by atoms with Crippen LogP contribution in [0.2, 0.25) is 0 Å². The van der Waals surface area contributed by atoms with Crippen molar-refractivity contribution in [1.29, 1.82) is 5.41 Å². The Morgan fingerprint density at radius 1 is 1.19 bits per heavy atom. The summed E-state index contributed by atoms with van der Waals surface area (Å²) in [7, 11) is 0. The largest absolute Gasteiger partial charge is 0.410 e. The van der Waals surface area contributed by atoms with E-state index in [0.717, 1.165) is 11.8 Å². The maximum Gasteiger partial charge on any atom is 0.197 e. The molecule has 1 unspecified atom stereocenters. The van der Waals surface area contributed by atoms with Crippen molar-refractivity contribution >= 4 is 50.0 Å². The number of anilines is 1. The number of benzene rings is 2. The molecule has 0 fully saturated rings. The van der Waals surface area contributed by atoms with Crippen LogP contribution in [-0.2, 0) is 0 Å². The summed E-state index contributed by atoms with van der Waals surface area (Å²) >= 11 is 3.95. The molecule has 0 saturated heterocycles. The SMILES string of the molecule is N=C(/C(=N/O)Nc1ccc(F)c(Br)c1)/C(=N\O)SCC(O)c1ccccc1. The lowest BCUT2D eigenvalue weighted by atomic mass is 10.1. The molecule has 0 heterocycles. The first-order valence-corrected chi connectivity index (χ1v) is 9.35. The van der Waals surface area contributed by atoms with Gasteiger partial charge in [-0.25, -0.2) is 4.39 Å². The fourth-order valence-electron chi connectivity index (χ4n) is 2.03. The van der Waals surface area contributed by atoms with E-state index in [2.05, 4.69) is 31.6 Å². The summed E-state index contributed by atoms with van der Waals surface area (Å²) in [6.07, 6.45) is -0.837. The Kier molecular flexibility index (Phi) is 7.77. The molecule has 0 bridgehead atoms. The monoisotopic (exact) mass is 454 g/mol. The van der Waals surface area contributed by atoms with E-state index in [1.807, 2.05) is 6.07 Å². The fourth-order valence-corrected chi connectivity index (χ4v) is 3.22. The second-order valence-electron chi connectivity index (χ2n) is 5.22. The van der Waals surface area contributed by atoms with Crippen LogP contribution in [0, 0.1) is 11.2 Å². The highest BCUT2D eigenvalue weighted by Crippen LogP contribution is 2.22. The Bertz CT molecular complexity index is 865. The number of halogens is 2. The first-order valence-electron chi connectivity index (χ1n) is 7.57. The van der Waals surface area contributed by atoms with Gasteiger partial charge in [-0.15, -0.1) is 0 Å². The Labute approximate surface area is 167 Å². The van der Waals surface area contributed by atoms with E-state index in [4.69, 9.17) is 5.41 Å². The van der Waals surface area contributed by atoms with Crippen molar-refractivity contribution < 1.29 is 19.9 Å². The van der Waals surface area contributed by atoms with Gasteiger partial charge in [-0.05, 0) is 39.7 Å². The van der Waals surface area contributed by atoms with Crippen LogP contribution in [0.4, 0.5) is 10.1 Å². The minimum absolute atomic E-state index is 0.118. The molecule has 10 heteroatoms. The van der Waals surface area contributed by atoms with Crippen molar-refractivity contribution in [2.45, 2.75) is 6.10 Å². The molecule has 5 N–H and O–H groups in total. The zero-order valence-electron chi connectivity index (χ0n) is 13.8. The molecule has 2 aromatic rings. The normalized spacial score (nSPS) is 13.3. The van der Waals surface area contributed by atoms with Crippen LogP contribution in [0.3, 0.4) is 0 Å². The highest BCUT2D eigenvalue weighted by molar-refractivity contribution is 9.10. The second kappa shape index (κ2) is 10.0. The van der Waals surface area contributed by atoms with E-state index in [9.17, 15) is 19.9 Å². The van der Waals surface area contributed by atoms with Crippen molar-refractivity contribution in [3.05, 3.63) is 64.4 Å². The van der Waals surface area contributed by atoms with Gasteiger partial charge in [0.2, 0.25) is 0 Å². The van der Waals surface area contributed by atoms with Gasteiger partial charge >= 0.3 is 0 Å².